The molecular weight excluding hydrogens is 332 g/mol. The Morgan fingerprint density at radius 2 is 1.58 bits per heavy atom. The first-order valence-electron chi connectivity index (χ1n) is 8.37. The molecule has 0 aliphatic rings. The van der Waals surface area contributed by atoms with Gasteiger partial charge in [0.1, 0.15) is 17.4 Å². The van der Waals surface area contributed by atoms with Crippen LogP contribution in [-0.2, 0) is 9.53 Å². The molecule has 0 aromatic heterocycles. The Morgan fingerprint density at radius 3 is 2.23 bits per heavy atom. The van der Waals surface area contributed by atoms with E-state index in [0.29, 0.717) is 17.2 Å². The lowest BCUT2D eigenvalue weighted by Crippen LogP contribution is -2.44. The fourth-order valence-corrected chi connectivity index (χ4v) is 2.07. The third-order valence-electron chi connectivity index (χ3n) is 3.24. The molecule has 2 N–H and O–H groups in total. The van der Waals surface area contributed by atoms with Crippen molar-refractivity contribution in [3.63, 3.8) is 0 Å². The zero-order chi connectivity index (χ0) is 19.2. The van der Waals surface area contributed by atoms with E-state index in [9.17, 15) is 9.59 Å². The number of carbonyl (C=O) groups excluding carboxylic acids is 2. The van der Waals surface area contributed by atoms with E-state index in [0.717, 1.165) is 0 Å². The minimum absolute atomic E-state index is 0.375. The van der Waals surface area contributed by atoms with Crippen LogP contribution in [0.4, 0.5) is 10.5 Å². The van der Waals surface area contributed by atoms with E-state index in [1.165, 1.54) is 0 Å². The van der Waals surface area contributed by atoms with E-state index in [4.69, 9.17) is 9.47 Å². The lowest BCUT2D eigenvalue weighted by atomic mass is 10.2. The van der Waals surface area contributed by atoms with Crippen molar-refractivity contribution >= 4 is 17.7 Å². The molecule has 0 radical (unpaired) electrons. The largest absolute Gasteiger partial charge is 0.455 e. The lowest BCUT2D eigenvalue weighted by molar-refractivity contribution is -0.117. The molecule has 0 saturated carbocycles. The van der Waals surface area contributed by atoms with Crippen molar-refractivity contribution in [1.29, 1.82) is 0 Å². The average molecular weight is 356 g/mol. The molecule has 26 heavy (non-hydrogen) atoms. The van der Waals surface area contributed by atoms with Gasteiger partial charge in [-0.3, -0.25) is 4.79 Å². The van der Waals surface area contributed by atoms with E-state index < -0.39 is 17.7 Å². The number of alkyl carbamates (subject to hydrolysis) is 1. The quantitative estimate of drug-likeness (QED) is 0.836. The first kappa shape index (κ1) is 19.3. The van der Waals surface area contributed by atoms with Crippen LogP contribution in [0.2, 0.25) is 0 Å². The summed E-state index contributed by atoms with van der Waals surface area (Å²) in [4.78, 5) is 24.2. The van der Waals surface area contributed by atoms with Gasteiger partial charge in [-0.2, -0.15) is 0 Å². The van der Waals surface area contributed by atoms with Crippen LogP contribution in [0.1, 0.15) is 27.7 Å². The van der Waals surface area contributed by atoms with E-state index in [1.54, 1.807) is 45.9 Å². The molecule has 0 aliphatic heterocycles. The van der Waals surface area contributed by atoms with Gasteiger partial charge in [-0.05, 0) is 52.0 Å². The highest BCUT2D eigenvalue weighted by Gasteiger charge is 2.21. The summed E-state index contributed by atoms with van der Waals surface area (Å²) in [5.41, 5.74) is -0.115. The van der Waals surface area contributed by atoms with Crippen molar-refractivity contribution in [2.75, 3.05) is 5.32 Å². The summed E-state index contributed by atoms with van der Waals surface area (Å²) in [6.45, 7) is 6.86. The third-order valence-corrected chi connectivity index (χ3v) is 3.24. The molecule has 2 rings (SSSR count). The number of para-hydroxylation sites is 3. The van der Waals surface area contributed by atoms with Gasteiger partial charge in [0.05, 0.1) is 5.69 Å². The Balaban J connectivity index is 2.01. The zero-order valence-corrected chi connectivity index (χ0v) is 15.4. The van der Waals surface area contributed by atoms with Gasteiger partial charge in [0.15, 0.2) is 5.75 Å². The molecule has 1 atom stereocenters. The molecule has 0 bridgehead atoms. The summed E-state index contributed by atoms with van der Waals surface area (Å²) in [5.74, 6) is 0.797. The highest BCUT2D eigenvalue weighted by atomic mass is 16.6. The molecule has 0 heterocycles. The van der Waals surface area contributed by atoms with Crippen LogP contribution in [-0.4, -0.2) is 23.6 Å². The van der Waals surface area contributed by atoms with E-state index in [1.807, 2.05) is 36.4 Å². The van der Waals surface area contributed by atoms with Gasteiger partial charge >= 0.3 is 6.09 Å². The summed E-state index contributed by atoms with van der Waals surface area (Å²) in [6.07, 6.45) is -0.644. The Hall–Kier alpha value is -3.02. The molecule has 0 saturated heterocycles. The second kappa shape index (κ2) is 8.38. The highest BCUT2D eigenvalue weighted by molar-refractivity contribution is 5.97. The molecule has 6 nitrogen and oxygen atoms in total. The molecule has 2 amide bonds. The Labute approximate surface area is 153 Å². The van der Waals surface area contributed by atoms with E-state index >= 15 is 0 Å². The van der Waals surface area contributed by atoms with Gasteiger partial charge < -0.3 is 20.1 Å². The molecule has 0 spiro atoms. The summed E-state index contributed by atoms with van der Waals surface area (Å²) in [7, 11) is 0. The maximum Gasteiger partial charge on any atom is 0.408 e. The van der Waals surface area contributed by atoms with Crippen molar-refractivity contribution in [2.45, 2.75) is 39.3 Å². The SMILES string of the molecule is C[C@@H](NC(=O)OC(C)(C)C)C(=O)Nc1ccccc1Oc1ccccc1. The number of carbonyl (C=O) groups is 2. The first-order valence-corrected chi connectivity index (χ1v) is 8.37. The summed E-state index contributed by atoms with van der Waals surface area (Å²) >= 11 is 0. The van der Waals surface area contributed by atoms with Crippen LogP contribution in [0.25, 0.3) is 0 Å². The number of ether oxygens (including phenoxy) is 2. The van der Waals surface area contributed by atoms with Crippen molar-refractivity contribution in [1.82, 2.24) is 5.32 Å². The average Bonchev–Trinajstić information content (AvgIpc) is 2.55. The molecular formula is C20H24N2O4. The predicted octanol–water partition coefficient (Wildman–Crippen LogP) is 4.33. The van der Waals surface area contributed by atoms with Crippen LogP contribution in [0, 0.1) is 0 Å². The van der Waals surface area contributed by atoms with Crippen LogP contribution in [0.3, 0.4) is 0 Å². The number of rotatable bonds is 5. The second-order valence-corrected chi connectivity index (χ2v) is 6.77. The van der Waals surface area contributed by atoms with Crippen molar-refractivity contribution in [3.8, 4) is 11.5 Å². The van der Waals surface area contributed by atoms with Crippen molar-refractivity contribution in [2.24, 2.45) is 0 Å². The van der Waals surface area contributed by atoms with Gasteiger partial charge in [-0.15, -0.1) is 0 Å². The summed E-state index contributed by atoms with van der Waals surface area (Å²) < 4.78 is 11.0. The smallest absolute Gasteiger partial charge is 0.408 e. The molecule has 0 aliphatic carbocycles. The van der Waals surface area contributed by atoms with Gasteiger partial charge in [0, 0.05) is 0 Å². The van der Waals surface area contributed by atoms with Crippen molar-refractivity contribution in [3.05, 3.63) is 54.6 Å². The first-order chi connectivity index (χ1) is 12.2. The molecule has 2 aromatic rings. The van der Waals surface area contributed by atoms with Crippen LogP contribution < -0.4 is 15.4 Å². The van der Waals surface area contributed by atoms with Gasteiger partial charge in [0.25, 0.3) is 0 Å². The minimum Gasteiger partial charge on any atom is -0.455 e. The Morgan fingerprint density at radius 1 is 0.962 bits per heavy atom. The number of hydrogen-bond acceptors (Lipinski definition) is 4. The Kier molecular flexibility index (Phi) is 6.22. The fraction of sp³-hybridized carbons (Fsp3) is 0.300. The molecule has 138 valence electrons. The number of amides is 2. The summed E-state index contributed by atoms with van der Waals surface area (Å²) in [5, 5.41) is 5.28. The standard InChI is InChI=1S/C20H24N2O4/c1-14(21-19(24)26-20(2,3)4)18(23)22-16-12-8-9-13-17(16)25-15-10-6-5-7-11-15/h5-14H,1-4H3,(H,21,24)(H,22,23)/t14-/m1/s1. The van der Waals surface area contributed by atoms with Crippen LogP contribution in [0.15, 0.2) is 54.6 Å². The number of hydrogen-bond donors (Lipinski definition) is 2. The van der Waals surface area contributed by atoms with Gasteiger partial charge in [0.2, 0.25) is 5.91 Å². The predicted molar refractivity (Wildman–Crippen MR) is 100 cm³/mol. The van der Waals surface area contributed by atoms with Crippen LogP contribution >= 0.6 is 0 Å². The Bertz CT molecular complexity index is 754. The molecule has 2 aromatic carbocycles. The van der Waals surface area contributed by atoms with E-state index in [2.05, 4.69) is 10.6 Å². The highest BCUT2D eigenvalue weighted by Crippen LogP contribution is 2.29. The number of nitrogens with one attached hydrogen (secondary N) is 2. The lowest BCUT2D eigenvalue weighted by Gasteiger charge is -2.22. The van der Waals surface area contributed by atoms with Crippen LogP contribution in [0.5, 0.6) is 11.5 Å². The van der Waals surface area contributed by atoms with E-state index in [-0.39, 0.29) is 5.91 Å². The minimum atomic E-state index is -0.769. The maximum atomic E-state index is 12.4. The van der Waals surface area contributed by atoms with Gasteiger partial charge in [-0.1, -0.05) is 30.3 Å². The van der Waals surface area contributed by atoms with Gasteiger partial charge in [-0.25, -0.2) is 4.79 Å². The fourth-order valence-electron chi connectivity index (χ4n) is 2.07. The molecule has 6 heteroatoms. The topological polar surface area (TPSA) is 76.7 Å². The maximum absolute atomic E-state index is 12.4. The monoisotopic (exact) mass is 356 g/mol. The van der Waals surface area contributed by atoms with Crippen molar-refractivity contribution < 1.29 is 19.1 Å². The molecule has 0 fully saturated rings. The second-order valence-electron chi connectivity index (χ2n) is 6.77. The number of anilines is 1. The molecule has 0 unspecified atom stereocenters. The number of benzene rings is 2. The normalized spacial score (nSPS) is 12.0. The third kappa shape index (κ3) is 6.12. The summed E-state index contributed by atoms with van der Waals surface area (Å²) in [6, 6.07) is 15.6. The zero-order valence-electron chi connectivity index (χ0n) is 15.4.